The molecule has 0 saturated carbocycles. The molecular weight excluding hydrogens is 377 g/mol. The second-order valence-corrected chi connectivity index (χ2v) is 6.19. The average Bonchev–Trinajstić information content (AvgIpc) is 2.95. The van der Waals surface area contributed by atoms with Crippen LogP contribution in [-0.2, 0) is 32.7 Å². The predicted octanol–water partition coefficient (Wildman–Crippen LogP) is 5.66. The topological polar surface area (TPSA) is 17.1 Å². The van der Waals surface area contributed by atoms with Crippen molar-refractivity contribution in [3.05, 3.63) is 76.2 Å². The summed E-state index contributed by atoms with van der Waals surface area (Å²) in [4.78, 5) is 12.7. The Hall–Kier alpha value is -1.09. The number of thiophene rings is 1. The van der Waals surface area contributed by atoms with Gasteiger partial charge in [-0.1, -0.05) is 76.7 Å². The molecule has 0 fully saturated rings. The Morgan fingerprint density at radius 3 is 2.61 bits per heavy atom. The first-order valence-electron chi connectivity index (χ1n) is 7.41. The Bertz CT molecular complexity index is 844. The van der Waals surface area contributed by atoms with Crippen LogP contribution in [0.1, 0.15) is 40.4 Å². The van der Waals surface area contributed by atoms with Crippen LogP contribution in [0.15, 0.2) is 48.5 Å². The summed E-state index contributed by atoms with van der Waals surface area (Å²) in [5.74, 6) is 0.0427. The van der Waals surface area contributed by atoms with Gasteiger partial charge < -0.3 is 4.79 Å². The Labute approximate surface area is 166 Å². The van der Waals surface area contributed by atoms with Crippen LogP contribution in [0.2, 0.25) is 0 Å². The van der Waals surface area contributed by atoms with Crippen LogP contribution < -0.4 is 0 Å². The van der Waals surface area contributed by atoms with Gasteiger partial charge in [0.15, 0.2) is 0 Å². The normalized spacial score (nSPS) is 10.9. The monoisotopic (exact) mass is 394 g/mol. The number of allylic oxidation sites excluding steroid dienone is 1. The van der Waals surface area contributed by atoms with E-state index in [2.05, 4.69) is 37.4 Å². The number of benzene rings is 2. The largest absolute Gasteiger partial charge is 0.346 e. The molecule has 3 aromatic rings. The summed E-state index contributed by atoms with van der Waals surface area (Å²) in [5, 5.41) is 4.16. The number of ketones is 1. The van der Waals surface area contributed by atoms with E-state index in [0.29, 0.717) is 11.1 Å². The zero-order chi connectivity index (χ0) is 15.5. The number of carbonyl (C=O) groups is 1. The molecule has 0 bridgehead atoms. The molecule has 2 aromatic carbocycles. The second kappa shape index (κ2) is 8.14. The fourth-order valence-electron chi connectivity index (χ4n) is 2.39. The standard InChI is InChI=1S/C20H17OS.Y/c1-3-4-5-15-7-9-16(10-8-15)20(21)18-13-22-19-12-14(2)6-11-17(18)19;/h4-12H,3H2,1-2H3;/q-1;/b5-4+;. The van der Waals surface area contributed by atoms with Crippen molar-refractivity contribution >= 4 is 33.3 Å². The van der Waals surface area contributed by atoms with Gasteiger partial charge in [0, 0.05) is 32.7 Å². The van der Waals surface area contributed by atoms with E-state index in [1.54, 1.807) is 0 Å². The first-order valence-corrected chi connectivity index (χ1v) is 8.23. The minimum atomic E-state index is 0. The third kappa shape index (κ3) is 4.06. The Balaban J connectivity index is 0.00000192. The number of fused-ring (bicyclic) bond motifs is 1. The van der Waals surface area contributed by atoms with Gasteiger partial charge in [-0.05, 0) is 24.5 Å². The van der Waals surface area contributed by atoms with E-state index in [1.807, 2.05) is 36.4 Å². The van der Waals surface area contributed by atoms with Gasteiger partial charge in [-0.15, -0.1) is 11.5 Å². The summed E-state index contributed by atoms with van der Waals surface area (Å²) in [6.45, 7) is 4.16. The molecule has 1 radical (unpaired) electrons. The first kappa shape index (κ1) is 18.3. The van der Waals surface area contributed by atoms with E-state index in [0.717, 1.165) is 22.1 Å². The van der Waals surface area contributed by atoms with E-state index in [-0.39, 0.29) is 38.5 Å². The molecule has 0 spiro atoms. The molecule has 0 amide bonds. The van der Waals surface area contributed by atoms with Gasteiger partial charge in [0.2, 0.25) is 0 Å². The zero-order valence-electron chi connectivity index (χ0n) is 13.3. The molecule has 23 heavy (non-hydrogen) atoms. The smallest absolute Gasteiger partial charge is 0.108 e. The van der Waals surface area contributed by atoms with Crippen LogP contribution in [0.25, 0.3) is 16.2 Å². The molecule has 0 aliphatic heterocycles. The predicted molar refractivity (Wildman–Crippen MR) is 94.6 cm³/mol. The van der Waals surface area contributed by atoms with Gasteiger partial charge in [-0.2, -0.15) is 0 Å². The van der Waals surface area contributed by atoms with Gasteiger partial charge in [0.25, 0.3) is 0 Å². The molecule has 1 aromatic heterocycles. The molecule has 3 heteroatoms. The van der Waals surface area contributed by atoms with Crippen molar-refractivity contribution in [3.63, 3.8) is 0 Å². The Morgan fingerprint density at radius 1 is 1.17 bits per heavy atom. The minimum Gasteiger partial charge on any atom is -0.346 e. The van der Waals surface area contributed by atoms with Crippen LogP contribution in [0.5, 0.6) is 0 Å². The molecule has 0 unspecified atom stereocenters. The summed E-state index contributed by atoms with van der Waals surface area (Å²) in [5.41, 5.74) is 3.71. The Kier molecular flexibility index (Phi) is 6.46. The average molecular weight is 394 g/mol. The van der Waals surface area contributed by atoms with E-state index in [1.165, 1.54) is 16.9 Å². The molecule has 1 nitrogen and oxygen atoms in total. The fraction of sp³-hybridized carbons (Fsp3) is 0.150. The number of hydrogen-bond donors (Lipinski definition) is 0. The third-order valence-corrected chi connectivity index (χ3v) is 4.48. The summed E-state index contributed by atoms with van der Waals surface area (Å²) < 4.78 is 1.12. The van der Waals surface area contributed by atoms with Gasteiger partial charge in [-0.25, -0.2) is 0 Å². The molecular formula is C20H17OSY-. The van der Waals surface area contributed by atoms with Crippen LogP contribution in [-0.4, -0.2) is 5.78 Å². The zero-order valence-corrected chi connectivity index (χ0v) is 17.0. The molecule has 0 atom stereocenters. The SMILES string of the molecule is CC/C=C/c1ccc(C(=O)c2[c-]sc3cc(C)ccc23)cc1.[Y]. The molecule has 0 N–H and O–H groups in total. The number of rotatable bonds is 4. The number of carbonyl (C=O) groups excluding carboxylic acids is 1. The van der Waals surface area contributed by atoms with E-state index < -0.39 is 0 Å². The fourth-order valence-corrected chi connectivity index (χ4v) is 3.33. The molecule has 113 valence electrons. The molecule has 0 aliphatic carbocycles. The molecule has 3 rings (SSSR count). The molecule has 1 heterocycles. The van der Waals surface area contributed by atoms with Crippen molar-refractivity contribution in [1.82, 2.24) is 0 Å². The van der Waals surface area contributed by atoms with Gasteiger partial charge in [0.1, 0.15) is 5.78 Å². The summed E-state index contributed by atoms with van der Waals surface area (Å²) in [6, 6.07) is 13.9. The van der Waals surface area contributed by atoms with Crippen molar-refractivity contribution in [1.29, 1.82) is 0 Å². The van der Waals surface area contributed by atoms with Crippen molar-refractivity contribution in [2.24, 2.45) is 0 Å². The number of hydrogen-bond acceptors (Lipinski definition) is 2. The maximum absolute atomic E-state index is 12.7. The quantitative estimate of drug-likeness (QED) is 0.412. The van der Waals surface area contributed by atoms with Crippen molar-refractivity contribution < 1.29 is 37.5 Å². The maximum Gasteiger partial charge on any atom is 0.108 e. The summed E-state index contributed by atoms with van der Waals surface area (Å²) in [7, 11) is 0. The Morgan fingerprint density at radius 2 is 1.91 bits per heavy atom. The molecule has 0 saturated heterocycles. The van der Waals surface area contributed by atoms with Gasteiger partial charge in [0.05, 0.1) is 0 Å². The summed E-state index contributed by atoms with van der Waals surface area (Å²) >= 11 is 1.51. The van der Waals surface area contributed by atoms with E-state index in [9.17, 15) is 4.79 Å². The van der Waals surface area contributed by atoms with Crippen molar-refractivity contribution in [3.8, 4) is 0 Å². The van der Waals surface area contributed by atoms with Crippen molar-refractivity contribution in [2.45, 2.75) is 20.3 Å². The van der Waals surface area contributed by atoms with Crippen LogP contribution in [0.4, 0.5) is 0 Å². The minimum absolute atomic E-state index is 0. The van der Waals surface area contributed by atoms with Crippen LogP contribution in [0, 0.1) is 12.3 Å². The summed E-state index contributed by atoms with van der Waals surface area (Å²) in [6.07, 6.45) is 5.19. The number of aryl methyl sites for hydroxylation is 1. The van der Waals surface area contributed by atoms with E-state index >= 15 is 0 Å². The van der Waals surface area contributed by atoms with E-state index in [4.69, 9.17) is 0 Å². The van der Waals surface area contributed by atoms with Gasteiger partial charge in [-0.3, -0.25) is 11.3 Å². The molecule has 0 aliphatic rings. The van der Waals surface area contributed by atoms with Crippen LogP contribution >= 0.6 is 11.3 Å². The van der Waals surface area contributed by atoms with Crippen molar-refractivity contribution in [2.75, 3.05) is 0 Å². The maximum atomic E-state index is 12.7. The van der Waals surface area contributed by atoms with Gasteiger partial charge >= 0.3 is 0 Å². The first-order chi connectivity index (χ1) is 10.7. The second-order valence-electron chi connectivity index (χ2n) is 5.34. The third-order valence-electron chi connectivity index (χ3n) is 3.62. The van der Waals surface area contributed by atoms with Crippen LogP contribution in [0.3, 0.4) is 0 Å².